The van der Waals surface area contributed by atoms with Gasteiger partial charge in [-0.2, -0.15) is 0 Å². The highest BCUT2D eigenvalue weighted by molar-refractivity contribution is 5.95. The van der Waals surface area contributed by atoms with Crippen molar-refractivity contribution in [1.29, 1.82) is 0 Å². The van der Waals surface area contributed by atoms with E-state index in [1.54, 1.807) is 0 Å². The number of rotatable bonds is 20. The molecule has 5 aliphatic heterocycles. The normalized spacial score (nSPS) is 26.8. The standard InChI is InChI=1S/C37H63N9O4/c1-3-4-5-6-7-8-9-15-26-24-27-18-19-30-31(25(2)42-37(43-26)46(27)30)33(47)49-22-12-10-16-28-32(29-17-14-21-45(29)36(40)44-28)34(48)50-23-13-11-20-41-35(38)39/h25-28,30-31H,3-24H2,1-2H3,(H2,40,44)(H,42,43)(H4,38,39,41)/t25-,26-,27-,28?,30+,31+/m1/s1. The summed E-state index contributed by atoms with van der Waals surface area (Å²) in [6, 6.07) is 0.578. The topological polar surface area (TPSA) is 186 Å². The molecule has 3 fully saturated rings. The maximum atomic E-state index is 13.5. The van der Waals surface area contributed by atoms with E-state index in [1.165, 1.54) is 51.4 Å². The lowest BCUT2D eigenvalue weighted by Crippen LogP contribution is -2.63. The van der Waals surface area contributed by atoms with Crippen LogP contribution in [0.25, 0.3) is 0 Å². The van der Waals surface area contributed by atoms with E-state index in [2.05, 4.69) is 29.1 Å². The Kier molecular flexibility index (Phi) is 14.1. The van der Waals surface area contributed by atoms with Gasteiger partial charge in [-0.1, -0.05) is 51.9 Å². The Morgan fingerprint density at radius 2 is 1.68 bits per heavy atom. The molecule has 1 unspecified atom stereocenters. The summed E-state index contributed by atoms with van der Waals surface area (Å²) >= 11 is 0. The van der Waals surface area contributed by atoms with Crippen molar-refractivity contribution in [2.45, 2.75) is 160 Å². The molecule has 0 bridgehead atoms. The lowest BCUT2D eigenvalue weighted by Gasteiger charge is -2.46. The molecular weight excluding hydrogens is 634 g/mol. The van der Waals surface area contributed by atoms with Gasteiger partial charge in [-0.25, -0.2) is 14.8 Å². The second kappa shape index (κ2) is 18.6. The summed E-state index contributed by atoms with van der Waals surface area (Å²) < 4.78 is 11.6. The van der Waals surface area contributed by atoms with E-state index in [-0.39, 0.29) is 48.5 Å². The Balaban J connectivity index is 1.06. The first-order valence-corrected chi connectivity index (χ1v) is 19.6. The number of fused-ring (bicyclic) bond motifs is 1. The van der Waals surface area contributed by atoms with Gasteiger partial charge in [0.1, 0.15) is 0 Å². The average molecular weight is 698 g/mol. The number of guanidine groups is 3. The van der Waals surface area contributed by atoms with Crippen LogP contribution in [0.4, 0.5) is 0 Å². The van der Waals surface area contributed by atoms with E-state index in [4.69, 9.17) is 36.7 Å². The number of hydrogen-bond donors (Lipinski definition) is 4. The van der Waals surface area contributed by atoms with Gasteiger partial charge in [0.2, 0.25) is 0 Å². The predicted molar refractivity (Wildman–Crippen MR) is 197 cm³/mol. The van der Waals surface area contributed by atoms with E-state index < -0.39 is 0 Å². The van der Waals surface area contributed by atoms with Gasteiger partial charge in [-0.05, 0) is 77.6 Å². The molecular formula is C37H63N9O4. The molecule has 0 radical (unpaired) electrons. The van der Waals surface area contributed by atoms with E-state index in [1.807, 2.05) is 4.90 Å². The van der Waals surface area contributed by atoms with Crippen LogP contribution in [-0.4, -0.2) is 96.1 Å². The van der Waals surface area contributed by atoms with Crippen molar-refractivity contribution in [1.82, 2.24) is 15.1 Å². The maximum Gasteiger partial charge on any atom is 0.337 e. The lowest BCUT2D eigenvalue weighted by molar-refractivity contribution is -0.151. The predicted octanol–water partition coefficient (Wildman–Crippen LogP) is 4.05. The molecule has 0 aromatic carbocycles. The van der Waals surface area contributed by atoms with Crippen molar-refractivity contribution in [3.8, 4) is 0 Å². The number of esters is 2. The van der Waals surface area contributed by atoms with Gasteiger partial charge in [0, 0.05) is 36.9 Å². The summed E-state index contributed by atoms with van der Waals surface area (Å²) in [5, 5.41) is 3.75. The van der Waals surface area contributed by atoms with Crippen LogP contribution < -0.4 is 22.5 Å². The van der Waals surface area contributed by atoms with Crippen LogP contribution in [0.15, 0.2) is 26.2 Å². The summed E-state index contributed by atoms with van der Waals surface area (Å²) in [6.07, 6.45) is 18.8. The summed E-state index contributed by atoms with van der Waals surface area (Å²) in [4.78, 5) is 44.8. The molecule has 0 saturated carbocycles. The Bertz CT molecular complexity index is 1280. The number of unbranched alkanes of at least 4 members (excludes halogenated alkanes) is 8. The average Bonchev–Trinajstić information content (AvgIpc) is 3.74. The minimum absolute atomic E-state index is 0.0610. The third-order valence-corrected chi connectivity index (χ3v) is 11.1. The fraction of sp³-hybridized carbons (Fsp3) is 0.811. The first-order valence-electron chi connectivity index (χ1n) is 19.6. The first kappa shape index (κ1) is 37.7. The van der Waals surface area contributed by atoms with Gasteiger partial charge in [-0.3, -0.25) is 9.79 Å². The third-order valence-electron chi connectivity index (χ3n) is 11.1. The van der Waals surface area contributed by atoms with Crippen LogP contribution in [0.1, 0.15) is 129 Å². The molecule has 0 spiro atoms. The summed E-state index contributed by atoms with van der Waals surface area (Å²) in [7, 11) is 0. The number of nitrogens with zero attached hydrogens (tertiary/aromatic N) is 5. The Morgan fingerprint density at radius 3 is 2.48 bits per heavy atom. The number of nitrogens with two attached hydrogens (primary N) is 3. The highest BCUT2D eigenvalue weighted by Gasteiger charge is 2.51. The number of nitrogens with one attached hydrogen (secondary N) is 1. The molecule has 5 heterocycles. The SMILES string of the molecule is CCCCCCCCC[C@@H]1C[C@H]2CC[C@H]3[C@@H](C(=O)OCCCCC4N=C(N)N5CCCC5=C4C(=O)OCCCCN=C(N)N)[C@@H](C)N=C(N1)N23. The van der Waals surface area contributed by atoms with Crippen molar-refractivity contribution in [3.63, 3.8) is 0 Å². The Hall–Kier alpha value is -3.51. The summed E-state index contributed by atoms with van der Waals surface area (Å²) in [5.41, 5.74) is 18.6. The zero-order valence-electron chi connectivity index (χ0n) is 30.6. The van der Waals surface area contributed by atoms with Crippen LogP contribution >= 0.6 is 0 Å². The number of carbonyl (C=O) groups excluding carboxylic acids is 2. The van der Waals surface area contributed by atoms with Crippen LogP contribution in [0.2, 0.25) is 0 Å². The van der Waals surface area contributed by atoms with Crippen molar-refractivity contribution in [2.75, 3.05) is 26.3 Å². The minimum atomic E-state index is -0.369. The highest BCUT2D eigenvalue weighted by atomic mass is 16.5. The molecule has 5 aliphatic rings. The van der Waals surface area contributed by atoms with Crippen LogP contribution in [-0.2, 0) is 19.1 Å². The van der Waals surface area contributed by atoms with Gasteiger partial charge in [0.25, 0.3) is 0 Å². The quantitative estimate of drug-likeness (QED) is 0.0626. The molecule has 7 N–H and O–H groups in total. The molecule has 0 amide bonds. The lowest BCUT2D eigenvalue weighted by atomic mass is 9.89. The molecule has 50 heavy (non-hydrogen) atoms. The second-order valence-corrected chi connectivity index (χ2v) is 14.8. The fourth-order valence-corrected chi connectivity index (χ4v) is 8.59. The van der Waals surface area contributed by atoms with Crippen molar-refractivity contribution in [3.05, 3.63) is 11.3 Å². The smallest absolute Gasteiger partial charge is 0.337 e. The van der Waals surface area contributed by atoms with E-state index >= 15 is 0 Å². The molecule has 6 atom stereocenters. The molecule has 3 saturated heterocycles. The van der Waals surface area contributed by atoms with E-state index in [0.29, 0.717) is 56.0 Å². The van der Waals surface area contributed by atoms with Crippen molar-refractivity contribution in [2.24, 2.45) is 38.1 Å². The molecule has 5 rings (SSSR count). The maximum absolute atomic E-state index is 13.5. The highest BCUT2D eigenvalue weighted by Crippen LogP contribution is 2.40. The molecule has 0 aliphatic carbocycles. The molecule has 280 valence electrons. The Morgan fingerprint density at radius 1 is 0.940 bits per heavy atom. The van der Waals surface area contributed by atoms with E-state index in [9.17, 15) is 9.59 Å². The third kappa shape index (κ3) is 9.63. The van der Waals surface area contributed by atoms with E-state index in [0.717, 1.165) is 63.1 Å². The van der Waals surface area contributed by atoms with Crippen molar-refractivity contribution >= 4 is 29.8 Å². The zero-order chi connectivity index (χ0) is 35.5. The van der Waals surface area contributed by atoms with Crippen LogP contribution in [0.5, 0.6) is 0 Å². The van der Waals surface area contributed by atoms with Gasteiger partial charge in [0.15, 0.2) is 17.9 Å². The number of hydrogen-bond acceptors (Lipinski definition) is 11. The molecule has 0 aromatic rings. The largest absolute Gasteiger partial charge is 0.465 e. The van der Waals surface area contributed by atoms with Gasteiger partial charge >= 0.3 is 11.9 Å². The number of allylic oxidation sites excluding steroid dienone is 1. The minimum Gasteiger partial charge on any atom is -0.465 e. The molecule has 13 nitrogen and oxygen atoms in total. The fourth-order valence-electron chi connectivity index (χ4n) is 8.59. The molecule has 0 aromatic heterocycles. The first-order chi connectivity index (χ1) is 24.3. The van der Waals surface area contributed by atoms with Gasteiger partial charge in [0.05, 0.1) is 36.8 Å². The zero-order valence-corrected chi connectivity index (χ0v) is 30.6. The second-order valence-electron chi connectivity index (χ2n) is 14.8. The Labute approximate surface area is 298 Å². The number of aliphatic imine (C=N–C) groups is 3. The monoisotopic (exact) mass is 698 g/mol. The van der Waals surface area contributed by atoms with Gasteiger partial charge in [-0.15, -0.1) is 0 Å². The van der Waals surface area contributed by atoms with Gasteiger partial charge < -0.3 is 41.8 Å². The number of ether oxygens (including phenoxy) is 2. The van der Waals surface area contributed by atoms with Crippen LogP contribution in [0.3, 0.4) is 0 Å². The van der Waals surface area contributed by atoms with Crippen molar-refractivity contribution < 1.29 is 19.1 Å². The molecule has 13 heteroatoms. The summed E-state index contributed by atoms with van der Waals surface area (Å²) in [6.45, 7) is 6.20. The summed E-state index contributed by atoms with van der Waals surface area (Å²) in [5.74, 6) is 0.774. The number of carbonyl (C=O) groups is 2. The van der Waals surface area contributed by atoms with Crippen LogP contribution in [0, 0.1) is 5.92 Å².